The van der Waals surface area contributed by atoms with E-state index < -0.39 is 45.1 Å². The average Bonchev–Trinajstić information content (AvgIpc) is 2.50. The van der Waals surface area contributed by atoms with Crippen molar-refractivity contribution in [2.45, 2.75) is 70.2 Å². The number of aliphatic hydroxyl groups is 3. The Labute approximate surface area is 141 Å². The summed E-state index contributed by atoms with van der Waals surface area (Å²) in [6, 6.07) is 0. The number of aliphatic hydroxyl groups excluding tert-OH is 3. The summed E-state index contributed by atoms with van der Waals surface area (Å²) in [5.41, 5.74) is 0. The molecule has 0 spiro atoms. The van der Waals surface area contributed by atoms with Crippen molar-refractivity contribution in [2.24, 2.45) is 5.92 Å². The van der Waals surface area contributed by atoms with Crippen molar-refractivity contribution in [1.82, 2.24) is 0 Å². The van der Waals surface area contributed by atoms with E-state index in [9.17, 15) is 19.9 Å². The summed E-state index contributed by atoms with van der Waals surface area (Å²) in [4.78, 5) is 17.9. The molecule has 0 aromatic rings. The van der Waals surface area contributed by atoms with Gasteiger partial charge in [-0.15, -0.1) is 0 Å². The molecule has 0 radical (unpaired) electrons. The number of rotatable bonds is 10. The molecule has 5 atom stereocenters. The Bertz CT molecular complexity index is 396. The lowest BCUT2D eigenvalue weighted by Crippen LogP contribution is -2.60. The van der Waals surface area contributed by atoms with Crippen LogP contribution in [0.15, 0.2) is 0 Å². The smallest absolute Gasteiger partial charge is 0.394 e. The Balaban J connectivity index is 2.76. The van der Waals surface area contributed by atoms with Crippen LogP contribution in [0.4, 0.5) is 0 Å². The van der Waals surface area contributed by atoms with Crippen LogP contribution >= 0.6 is 7.82 Å². The van der Waals surface area contributed by atoms with E-state index in [1.807, 2.05) is 0 Å². The summed E-state index contributed by atoms with van der Waals surface area (Å²) in [5.74, 6) is 0.261. The summed E-state index contributed by atoms with van der Waals surface area (Å²) in [5, 5.41) is 29.4. The predicted octanol–water partition coefficient (Wildman–Crippen LogP) is 0.136. The van der Waals surface area contributed by atoms with Crippen molar-refractivity contribution in [3.63, 3.8) is 0 Å². The van der Waals surface area contributed by atoms with Crippen molar-refractivity contribution < 1.29 is 43.7 Å². The van der Waals surface area contributed by atoms with E-state index >= 15 is 0 Å². The first-order chi connectivity index (χ1) is 11.2. The van der Waals surface area contributed by atoms with Crippen molar-refractivity contribution in [1.29, 1.82) is 0 Å². The van der Waals surface area contributed by atoms with Crippen LogP contribution in [-0.2, 0) is 18.6 Å². The van der Waals surface area contributed by atoms with Crippen LogP contribution in [0.2, 0.25) is 0 Å². The molecule has 10 heteroatoms. The lowest BCUT2D eigenvalue weighted by atomic mass is 9.98. The molecule has 0 aromatic heterocycles. The third kappa shape index (κ3) is 6.67. The molecule has 1 heterocycles. The third-order valence-corrected chi connectivity index (χ3v) is 4.49. The zero-order chi connectivity index (χ0) is 18.3. The molecule has 9 nitrogen and oxygen atoms in total. The second-order valence-electron chi connectivity index (χ2n) is 6.04. The van der Waals surface area contributed by atoms with Gasteiger partial charge in [-0.2, -0.15) is 0 Å². The van der Waals surface area contributed by atoms with Gasteiger partial charge in [-0.1, -0.05) is 26.7 Å². The standard InChI is InChI=1S/C14H29O9P/c1-3-5-9(6-4-2)8-21-14-12(17)13(23-24(18,19)20)11(16)10(7-15)22-14/h9-17H,3-8H2,1-2H3,(H2,18,19,20)/t10-,11-,12-,13-,14+/m1/s1. The molecule has 1 saturated heterocycles. The fourth-order valence-electron chi connectivity index (χ4n) is 2.83. The zero-order valence-corrected chi connectivity index (χ0v) is 14.9. The lowest BCUT2D eigenvalue weighted by molar-refractivity contribution is -0.300. The van der Waals surface area contributed by atoms with Gasteiger partial charge in [0.05, 0.1) is 13.2 Å². The minimum atomic E-state index is -4.94. The molecule has 1 aliphatic heterocycles. The Morgan fingerprint density at radius 2 is 1.71 bits per heavy atom. The van der Waals surface area contributed by atoms with Gasteiger partial charge in [0.25, 0.3) is 0 Å². The van der Waals surface area contributed by atoms with Crippen molar-refractivity contribution >= 4 is 7.82 Å². The normalized spacial score (nSPS) is 31.6. The first-order valence-electron chi connectivity index (χ1n) is 8.21. The molecule has 0 saturated carbocycles. The van der Waals surface area contributed by atoms with Gasteiger partial charge in [0.2, 0.25) is 0 Å². The first kappa shape index (κ1) is 22.0. The molecule has 1 aliphatic rings. The summed E-state index contributed by atoms with van der Waals surface area (Å²) >= 11 is 0. The highest BCUT2D eigenvalue weighted by molar-refractivity contribution is 7.46. The summed E-state index contributed by atoms with van der Waals surface area (Å²) in [7, 11) is -4.94. The molecule has 144 valence electrons. The highest BCUT2D eigenvalue weighted by Gasteiger charge is 2.48. The number of phosphoric acid groups is 1. The van der Waals surface area contributed by atoms with Crippen molar-refractivity contribution in [3.8, 4) is 0 Å². The Hall–Kier alpha value is -0.0900. The second-order valence-corrected chi connectivity index (χ2v) is 7.24. The Kier molecular flexibility index (Phi) is 9.29. The maximum atomic E-state index is 11.0. The number of ether oxygens (including phenoxy) is 2. The average molecular weight is 372 g/mol. The number of phosphoric ester groups is 1. The minimum Gasteiger partial charge on any atom is -0.394 e. The van der Waals surface area contributed by atoms with Gasteiger partial charge in [-0.25, -0.2) is 4.57 Å². The molecule has 0 unspecified atom stereocenters. The predicted molar refractivity (Wildman–Crippen MR) is 83.9 cm³/mol. The molecule has 0 aliphatic carbocycles. The zero-order valence-electron chi connectivity index (χ0n) is 14.0. The Morgan fingerprint density at radius 1 is 1.12 bits per heavy atom. The van der Waals surface area contributed by atoms with Crippen molar-refractivity contribution in [3.05, 3.63) is 0 Å². The van der Waals surface area contributed by atoms with E-state index in [0.29, 0.717) is 6.61 Å². The fourth-order valence-corrected chi connectivity index (χ4v) is 3.40. The van der Waals surface area contributed by atoms with Crippen LogP contribution < -0.4 is 0 Å². The van der Waals surface area contributed by atoms with Gasteiger partial charge in [-0.3, -0.25) is 4.52 Å². The molecule has 0 bridgehead atoms. The van der Waals surface area contributed by atoms with Gasteiger partial charge < -0.3 is 34.6 Å². The van der Waals surface area contributed by atoms with Crippen LogP contribution in [-0.4, -0.2) is 69.0 Å². The molecule has 0 amide bonds. The molecule has 24 heavy (non-hydrogen) atoms. The monoisotopic (exact) mass is 372 g/mol. The molecular formula is C14H29O9P. The highest BCUT2D eigenvalue weighted by Crippen LogP contribution is 2.41. The SMILES string of the molecule is CCCC(CCC)CO[C@H]1O[C@H](CO)[C@@H](O)[C@@H](OP(=O)(O)O)[C@H]1O. The fraction of sp³-hybridized carbons (Fsp3) is 1.00. The van der Waals surface area contributed by atoms with Gasteiger partial charge in [0.15, 0.2) is 6.29 Å². The molecular weight excluding hydrogens is 343 g/mol. The molecule has 5 N–H and O–H groups in total. The van der Waals surface area contributed by atoms with Crippen LogP contribution in [0.1, 0.15) is 39.5 Å². The van der Waals surface area contributed by atoms with E-state index in [0.717, 1.165) is 25.7 Å². The van der Waals surface area contributed by atoms with E-state index in [4.69, 9.17) is 19.3 Å². The maximum absolute atomic E-state index is 11.0. The summed E-state index contributed by atoms with van der Waals surface area (Å²) in [6.45, 7) is 3.79. The molecule has 1 rings (SSSR count). The molecule has 1 fully saturated rings. The summed E-state index contributed by atoms with van der Waals surface area (Å²) in [6.07, 6.45) is -3.43. The summed E-state index contributed by atoms with van der Waals surface area (Å²) < 4.78 is 26.4. The minimum absolute atomic E-state index is 0.261. The largest absolute Gasteiger partial charge is 0.470 e. The van der Waals surface area contributed by atoms with Crippen LogP contribution in [0.25, 0.3) is 0 Å². The molecule has 0 aromatic carbocycles. The van der Waals surface area contributed by atoms with E-state index in [-0.39, 0.29) is 5.92 Å². The van der Waals surface area contributed by atoms with Gasteiger partial charge in [0, 0.05) is 0 Å². The van der Waals surface area contributed by atoms with Gasteiger partial charge in [0.1, 0.15) is 24.4 Å². The van der Waals surface area contributed by atoms with Crippen LogP contribution in [0.3, 0.4) is 0 Å². The lowest BCUT2D eigenvalue weighted by Gasteiger charge is -2.41. The Morgan fingerprint density at radius 3 is 2.17 bits per heavy atom. The van der Waals surface area contributed by atoms with Gasteiger partial charge >= 0.3 is 7.82 Å². The van der Waals surface area contributed by atoms with Crippen LogP contribution in [0, 0.1) is 5.92 Å². The van der Waals surface area contributed by atoms with Gasteiger partial charge in [-0.05, 0) is 18.8 Å². The third-order valence-electron chi connectivity index (χ3n) is 3.97. The first-order valence-corrected chi connectivity index (χ1v) is 9.74. The van der Waals surface area contributed by atoms with Crippen LogP contribution in [0.5, 0.6) is 0 Å². The van der Waals surface area contributed by atoms with E-state index in [2.05, 4.69) is 18.4 Å². The van der Waals surface area contributed by atoms with E-state index in [1.165, 1.54) is 0 Å². The van der Waals surface area contributed by atoms with E-state index in [1.54, 1.807) is 0 Å². The second kappa shape index (κ2) is 10.2. The quantitative estimate of drug-likeness (QED) is 0.338. The topological polar surface area (TPSA) is 146 Å². The maximum Gasteiger partial charge on any atom is 0.470 e. The number of hydrogen-bond acceptors (Lipinski definition) is 7. The number of hydrogen-bond donors (Lipinski definition) is 5. The van der Waals surface area contributed by atoms with Crippen molar-refractivity contribution in [2.75, 3.05) is 13.2 Å². The highest BCUT2D eigenvalue weighted by atomic mass is 31.2.